The van der Waals surface area contributed by atoms with Crippen molar-refractivity contribution in [3.63, 3.8) is 0 Å². The molecule has 116 valence electrons. The molecular formula is C17H26N2O2. The fraction of sp³-hybridized carbons (Fsp3) is 0.588. The zero-order valence-electron chi connectivity index (χ0n) is 13.0. The second kappa shape index (κ2) is 7.34. The quantitative estimate of drug-likeness (QED) is 0.819. The minimum atomic E-state index is 0.0804. The largest absolute Gasteiger partial charge is 0.493 e. The third-order valence-electron chi connectivity index (χ3n) is 4.26. The van der Waals surface area contributed by atoms with E-state index in [1.807, 2.05) is 12.1 Å². The van der Waals surface area contributed by atoms with E-state index >= 15 is 0 Å². The van der Waals surface area contributed by atoms with Gasteiger partial charge in [-0.05, 0) is 55.4 Å². The van der Waals surface area contributed by atoms with Gasteiger partial charge in [0.2, 0.25) is 5.91 Å². The number of ether oxygens (including phenoxy) is 1. The van der Waals surface area contributed by atoms with Crippen LogP contribution in [-0.4, -0.2) is 18.6 Å². The summed E-state index contributed by atoms with van der Waals surface area (Å²) in [5.74, 6) is 2.17. The van der Waals surface area contributed by atoms with Crippen LogP contribution in [0.3, 0.4) is 0 Å². The summed E-state index contributed by atoms with van der Waals surface area (Å²) in [6.45, 7) is 4.91. The zero-order valence-corrected chi connectivity index (χ0v) is 13.0. The Labute approximate surface area is 127 Å². The third kappa shape index (κ3) is 4.96. The average Bonchev–Trinajstić information content (AvgIpc) is 2.44. The highest BCUT2D eigenvalue weighted by atomic mass is 16.5. The lowest BCUT2D eigenvalue weighted by atomic mass is 9.80. The maximum Gasteiger partial charge on any atom is 0.223 e. The first-order chi connectivity index (χ1) is 10.0. The maximum atomic E-state index is 12.0. The first kappa shape index (κ1) is 15.7. The number of carbonyl (C=O) groups excluding carboxylic acids is 1. The van der Waals surface area contributed by atoms with Crippen molar-refractivity contribution in [2.24, 2.45) is 11.8 Å². The molecule has 1 aromatic carbocycles. The van der Waals surface area contributed by atoms with E-state index in [1.165, 1.54) is 12.8 Å². The van der Waals surface area contributed by atoms with Gasteiger partial charge in [-0.25, -0.2) is 0 Å². The monoisotopic (exact) mass is 290 g/mol. The molecule has 0 bridgehead atoms. The topological polar surface area (TPSA) is 64.3 Å². The standard InChI is InChI=1S/C17H26N2O2/c1-12-3-8-16(13(2)11-12)19-17(20)9-10-21-15-6-4-14(18)5-7-15/h4-7,12-13,16H,3,8-11,18H2,1-2H3,(H,19,20). The molecule has 0 spiro atoms. The van der Waals surface area contributed by atoms with Crippen molar-refractivity contribution in [1.82, 2.24) is 5.32 Å². The van der Waals surface area contributed by atoms with E-state index in [-0.39, 0.29) is 5.91 Å². The van der Waals surface area contributed by atoms with E-state index in [9.17, 15) is 4.79 Å². The van der Waals surface area contributed by atoms with E-state index in [4.69, 9.17) is 10.5 Å². The number of rotatable bonds is 5. The average molecular weight is 290 g/mol. The van der Waals surface area contributed by atoms with Crippen LogP contribution in [0.1, 0.15) is 39.5 Å². The van der Waals surface area contributed by atoms with Gasteiger partial charge in [-0.3, -0.25) is 4.79 Å². The van der Waals surface area contributed by atoms with Crippen LogP contribution in [0, 0.1) is 11.8 Å². The Morgan fingerprint density at radius 1 is 1.29 bits per heavy atom. The first-order valence-electron chi connectivity index (χ1n) is 7.82. The SMILES string of the molecule is CC1CCC(NC(=O)CCOc2ccc(N)cc2)C(C)C1. The zero-order chi connectivity index (χ0) is 15.2. The number of nitrogens with two attached hydrogens (primary N) is 1. The highest BCUT2D eigenvalue weighted by Crippen LogP contribution is 2.28. The summed E-state index contributed by atoms with van der Waals surface area (Å²) in [6.07, 6.45) is 3.89. The second-order valence-electron chi connectivity index (χ2n) is 6.24. The molecule has 1 saturated carbocycles. The smallest absolute Gasteiger partial charge is 0.223 e. The van der Waals surface area contributed by atoms with Crippen molar-refractivity contribution < 1.29 is 9.53 Å². The summed E-state index contributed by atoms with van der Waals surface area (Å²) < 4.78 is 5.55. The molecule has 0 saturated heterocycles. The molecule has 0 heterocycles. The van der Waals surface area contributed by atoms with Crippen molar-refractivity contribution in [1.29, 1.82) is 0 Å². The van der Waals surface area contributed by atoms with E-state index in [2.05, 4.69) is 19.2 Å². The Morgan fingerprint density at radius 2 is 2.00 bits per heavy atom. The maximum absolute atomic E-state index is 12.0. The molecule has 3 unspecified atom stereocenters. The van der Waals surface area contributed by atoms with Gasteiger partial charge >= 0.3 is 0 Å². The van der Waals surface area contributed by atoms with Crippen LogP contribution < -0.4 is 15.8 Å². The Hall–Kier alpha value is -1.71. The summed E-state index contributed by atoms with van der Waals surface area (Å²) in [5.41, 5.74) is 6.32. The summed E-state index contributed by atoms with van der Waals surface area (Å²) in [6, 6.07) is 7.54. The fourth-order valence-electron chi connectivity index (χ4n) is 2.98. The van der Waals surface area contributed by atoms with Crippen LogP contribution in [0.15, 0.2) is 24.3 Å². The molecule has 1 fully saturated rings. The predicted molar refractivity (Wildman–Crippen MR) is 85.1 cm³/mol. The summed E-state index contributed by atoms with van der Waals surface area (Å²) >= 11 is 0. The van der Waals surface area contributed by atoms with Crippen LogP contribution in [0.2, 0.25) is 0 Å². The Morgan fingerprint density at radius 3 is 2.67 bits per heavy atom. The van der Waals surface area contributed by atoms with Crippen LogP contribution in [0.25, 0.3) is 0 Å². The van der Waals surface area contributed by atoms with Crippen LogP contribution >= 0.6 is 0 Å². The lowest BCUT2D eigenvalue weighted by Gasteiger charge is -2.33. The molecule has 0 aromatic heterocycles. The van der Waals surface area contributed by atoms with Crippen LogP contribution in [0.5, 0.6) is 5.75 Å². The number of benzene rings is 1. The van der Waals surface area contributed by atoms with Gasteiger partial charge in [-0.1, -0.05) is 13.8 Å². The number of amides is 1. The van der Waals surface area contributed by atoms with Gasteiger partial charge < -0.3 is 15.8 Å². The molecule has 3 atom stereocenters. The third-order valence-corrected chi connectivity index (χ3v) is 4.26. The molecule has 4 nitrogen and oxygen atoms in total. The predicted octanol–water partition coefficient (Wildman–Crippen LogP) is 2.98. The van der Waals surface area contributed by atoms with Crippen molar-refractivity contribution in [2.45, 2.75) is 45.6 Å². The summed E-state index contributed by atoms with van der Waals surface area (Å²) in [7, 11) is 0. The number of nitrogen functional groups attached to an aromatic ring is 1. The van der Waals surface area contributed by atoms with E-state index < -0.39 is 0 Å². The minimum absolute atomic E-state index is 0.0804. The van der Waals surface area contributed by atoms with Crippen molar-refractivity contribution in [3.05, 3.63) is 24.3 Å². The van der Waals surface area contributed by atoms with Crippen molar-refractivity contribution in [3.8, 4) is 5.75 Å². The minimum Gasteiger partial charge on any atom is -0.493 e. The van der Waals surface area contributed by atoms with E-state index in [0.29, 0.717) is 30.7 Å². The van der Waals surface area contributed by atoms with Crippen LogP contribution in [0.4, 0.5) is 5.69 Å². The molecule has 1 aliphatic rings. The molecule has 1 aromatic rings. The van der Waals surface area contributed by atoms with Crippen molar-refractivity contribution >= 4 is 11.6 Å². The molecule has 4 heteroatoms. The van der Waals surface area contributed by atoms with Crippen LogP contribution in [-0.2, 0) is 4.79 Å². The van der Waals surface area contributed by atoms with Gasteiger partial charge in [0.1, 0.15) is 5.75 Å². The second-order valence-corrected chi connectivity index (χ2v) is 6.24. The fourth-order valence-corrected chi connectivity index (χ4v) is 2.98. The molecule has 21 heavy (non-hydrogen) atoms. The lowest BCUT2D eigenvalue weighted by molar-refractivity contribution is -0.122. The lowest BCUT2D eigenvalue weighted by Crippen LogP contribution is -2.42. The molecule has 0 aliphatic heterocycles. The molecule has 2 rings (SSSR count). The summed E-state index contributed by atoms with van der Waals surface area (Å²) in [4.78, 5) is 12.0. The molecule has 1 aliphatic carbocycles. The van der Waals surface area contributed by atoms with Gasteiger partial charge in [0, 0.05) is 11.7 Å². The number of nitrogens with one attached hydrogen (secondary N) is 1. The molecule has 3 N–H and O–H groups in total. The highest BCUT2D eigenvalue weighted by molar-refractivity contribution is 5.76. The molecule has 0 radical (unpaired) electrons. The number of hydrogen-bond acceptors (Lipinski definition) is 3. The number of anilines is 1. The first-order valence-corrected chi connectivity index (χ1v) is 7.82. The van der Waals surface area contributed by atoms with Gasteiger partial charge in [0.15, 0.2) is 0 Å². The molecule has 1 amide bonds. The van der Waals surface area contributed by atoms with Gasteiger partial charge in [-0.15, -0.1) is 0 Å². The Bertz CT molecular complexity index is 458. The normalized spacial score (nSPS) is 25.3. The number of hydrogen-bond donors (Lipinski definition) is 2. The van der Waals surface area contributed by atoms with Gasteiger partial charge in [0.25, 0.3) is 0 Å². The van der Waals surface area contributed by atoms with E-state index in [0.717, 1.165) is 18.1 Å². The van der Waals surface area contributed by atoms with Gasteiger partial charge in [-0.2, -0.15) is 0 Å². The highest BCUT2D eigenvalue weighted by Gasteiger charge is 2.26. The van der Waals surface area contributed by atoms with Gasteiger partial charge in [0.05, 0.1) is 13.0 Å². The summed E-state index contributed by atoms with van der Waals surface area (Å²) in [5, 5.41) is 3.15. The molecular weight excluding hydrogens is 264 g/mol. The van der Waals surface area contributed by atoms with Crippen molar-refractivity contribution in [2.75, 3.05) is 12.3 Å². The van der Waals surface area contributed by atoms with E-state index in [1.54, 1.807) is 12.1 Å². The number of carbonyl (C=O) groups is 1. The Balaban J connectivity index is 1.69. The Kier molecular flexibility index (Phi) is 5.48.